The van der Waals surface area contributed by atoms with E-state index < -0.39 is 0 Å². The quantitative estimate of drug-likeness (QED) is 0.845. The van der Waals surface area contributed by atoms with E-state index in [2.05, 4.69) is 20.6 Å². The van der Waals surface area contributed by atoms with E-state index in [9.17, 15) is 4.79 Å². The number of amides is 1. The third-order valence-electron chi connectivity index (χ3n) is 2.72. The number of aryl methyl sites for hydroxylation is 1. The molecule has 0 aliphatic carbocycles. The minimum Gasteiger partial charge on any atom is -0.370 e. The molecule has 0 aromatic carbocycles. The summed E-state index contributed by atoms with van der Waals surface area (Å²) in [4.78, 5) is 20.4. The molecule has 0 atom stereocenters. The van der Waals surface area contributed by atoms with Crippen molar-refractivity contribution in [1.82, 2.24) is 19.9 Å². The van der Waals surface area contributed by atoms with Crippen LogP contribution in [-0.4, -0.2) is 27.0 Å². The van der Waals surface area contributed by atoms with Crippen LogP contribution in [0.5, 0.6) is 0 Å². The standard InChI is InChI=1S/C13H17N5O/c1-3-14-12-10(5-4-6-16-12)13(19)17-9-11-15-7-8-18(11)2/h4-8H,3,9H2,1-2H3,(H,14,16)(H,17,19). The number of carbonyl (C=O) groups is 1. The molecular formula is C13H17N5O. The van der Waals surface area contributed by atoms with Crippen LogP contribution in [0.25, 0.3) is 0 Å². The summed E-state index contributed by atoms with van der Waals surface area (Å²) in [7, 11) is 1.89. The van der Waals surface area contributed by atoms with Crippen molar-refractivity contribution in [3.8, 4) is 0 Å². The Morgan fingerprint density at radius 2 is 2.21 bits per heavy atom. The van der Waals surface area contributed by atoms with Gasteiger partial charge in [0.1, 0.15) is 11.6 Å². The SMILES string of the molecule is CCNc1ncccc1C(=O)NCc1nccn1C. The van der Waals surface area contributed by atoms with Crippen molar-refractivity contribution in [2.75, 3.05) is 11.9 Å². The lowest BCUT2D eigenvalue weighted by molar-refractivity contribution is 0.0950. The smallest absolute Gasteiger partial charge is 0.255 e. The number of imidazole rings is 1. The van der Waals surface area contributed by atoms with Gasteiger partial charge in [-0.05, 0) is 19.1 Å². The number of aromatic nitrogens is 3. The molecule has 0 fully saturated rings. The Hall–Kier alpha value is -2.37. The molecule has 0 aliphatic heterocycles. The molecule has 0 saturated carbocycles. The van der Waals surface area contributed by atoms with E-state index in [-0.39, 0.29) is 5.91 Å². The summed E-state index contributed by atoms with van der Waals surface area (Å²) in [6.07, 6.45) is 5.21. The monoisotopic (exact) mass is 259 g/mol. The number of carbonyl (C=O) groups excluding carboxylic acids is 1. The van der Waals surface area contributed by atoms with E-state index in [1.807, 2.05) is 24.7 Å². The van der Waals surface area contributed by atoms with Crippen LogP contribution in [0.2, 0.25) is 0 Å². The Morgan fingerprint density at radius 3 is 2.89 bits per heavy atom. The molecule has 2 aromatic rings. The van der Waals surface area contributed by atoms with Crippen molar-refractivity contribution >= 4 is 11.7 Å². The lowest BCUT2D eigenvalue weighted by Crippen LogP contribution is -2.25. The number of hydrogen-bond acceptors (Lipinski definition) is 4. The molecule has 6 heteroatoms. The number of hydrogen-bond donors (Lipinski definition) is 2. The number of rotatable bonds is 5. The van der Waals surface area contributed by atoms with Crippen molar-refractivity contribution in [2.24, 2.45) is 7.05 Å². The molecule has 2 rings (SSSR count). The van der Waals surface area contributed by atoms with E-state index in [4.69, 9.17) is 0 Å². The maximum Gasteiger partial charge on any atom is 0.255 e. The van der Waals surface area contributed by atoms with Crippen LogP contribution >= 0.6 is 0 Å². The lowest BCUT2D eigenvalue weighted by atomic mass is 10.2. The first-order chi connectivity index (χ1) is 9.22. The van der Waals surface area contributed by atoms with Gasteiger partial charge in [-0.15, -0.1) is 0 Å². The summed E-state index contributed by atoms with van der Waals surface area (Å²) in [6.45, 7) is 3.07. The molecule has 0 radical (unpaired) electrons. The predicted molar refractivity (Wildman–Crippen MR) is 72.8 cm³/mol. The summed E-state index contributed by atoms with van der Waals surface area (Å²) in [5, 5.41) is 5.91. The Balaban J connectivity index is 2.06. The zero-order chi connectivity index (χ0) is 13.7. The van der Waals surface area contributed by atoms with Gasteiger partial charge in [0.25, 0.3) is 5.91 Å². The molecule has 0 aliphatic rings. The zero-order valence-electron chi connectivity index (χ0n) is 11.1. The highest BCUT2D eigenvalue weighted by Gasteiger charge is 2.11. The average Bonchev–Trinajstić information content (AvgIpc) is 2.82. The maximum atomic E-state index is 12.1. The van der Waals surface area contributed by atoms with Crippen LogP contribution in [0.4, 0.5) is 5.82 Å². The molecule has 100 valence electrons. The van der Waals surface area contributed by atoms with Crippen LogP contribution in [0, 0.1) is 0 Å². The second kappa shape index (κ2) is 5.99. The zero-order valence-corrected chi connectivity index (χ0v) is 11.1. The van der Waals surface area contributed by atoms with Gasteiger partial charge in [0.05, 0.1) is 12.1 Å². The van der Waals surface area contributed by atoms with Gasteiger partial charge >= 0.3 is 0 Å². The molecule has 0 unspecified atom stereocenters. The molecule has 2 aromatic heterocycles. The van der Waals surface area contributed by atoms with Gasteiger partial charge < -0.3 is 15.2 Å². The van der Waals surface area contributed by atoms with Crippen molar-refractivity contribution < 1.29 is 4.79 Å². The van der Waals surface area contributed by atoms with Crippen LogP contribution in [-0.2, 0) is 13.6 Å². The van der Waals surface area contributed by atoms with E-state index in [1.165, 1.54) is 0 Å². The fourth-order valence-electron chi connectivity index (χ4n) is 1.72. The molecule has 6 nitrogen and oxygen atoms in total. The Bertz CT molecular complexity index is 564. The summed E-state index contributed by atoms with van der Waals surface area (Å²) in [6, 6.07) is 3.50. The van der Waals surface area contributed by atoms with Gasteiger partial charge in [0.2, 0.25) is 0 Å². The Morgan fingerprint density at radius 1 is 1.37 bits per heavy atom. The molecule has 0 spiro atoms. The Kier molecular flexibility index (Phi) is 4.12. The second-order valence-electron chi connectivity index (χ2n) is 4.07. The second-order valence-corrected chi connectivity index (χ2v) is 4.07. The molecule has 0 bridgehead atoms. The van der Waals surface area contributed by atoms with E-state index in [1.54, 1.807) is 24.5 Å². The minimum absolute atomic E-state index is 0.160. The van der Waals surface area contributed by atoms with Crippen molar-refractivity contribution in [1.29, 1.82) is 0 Å². The third-order valence-corrected chi connectivity index (χ3v) is 2.72. The van der Waals surface area contributed by atoms with E-state index in [0.717, 1.165) is 12.4 Å². The molecule has 1 amide bonds. The minimum atomic E-state index is -0.160. The molecular weight excluding hydrogens is 242 g/mol. The van der Waals surface area contributed by atoms with Crippen molar-refractivity contribution in [3.05, 3.63) is 42.1 Å². The average molecular weight is 259 g/mol. The summed E-state index contributed by atoms with van der Waals surface area (Å²) in [5.74, 6) is 1.25. The number of nitrogens with zero attached hydrogens (tertiary/aromatic N) is 3. The van der Waals surface area contributed by atoms with Crippen LogP contribution in [0.1, 0.15) is 23.1 Å². The summed E-state index contributed by atoms with van der Waals surface area (Å²) < 4.78 is 1.87. The third kappa shape index (κ3) is 3.09. The lowest BCUT2D eigenvalue weighted by Gasteiger charge is -2.09. The summed E-state index contributed by atoms with van der Waals surface area (Å²) in [5.41, 5.74) is 0.540. The van der Waals surface area contributed by atoms with Crippen LogP contribution in [0.3, 0.4) is 0 Å². The van der Waals surface area contributed by atoms with Gasteiger partial charge in [-0.25, -0.2) is 9.97 Å². The van der Waals surface area contributed by atoms with E-state index >= 15 is 0 Å². The van der Waals surface area contributed by atoms with Gasteiger partial charge in [0.15, 0.2) is 0 Å². The highest BCUT2D eigenvalue weighted by molar-refractivity contribution is 5.98. The summed E-state index contributed by atoms with van der Waals surface area (Å²) >= 11 is 0. The Labute approximate surface area is 111 Å². The molecule has 19 heavy (non-hydrogen) atoms. The first kappa shape index (κ1) is 13.1. The highest BCUT2D eigenvalue weighted by atomic mass is 16.1. The number of anilines is 1. The first-order valence-electron chi connectivity index (χ1n) is 6.15. The highest BCUT2D eigenvalue weighted by Crippen LogP contribution is 2.11. The fourth-order valence-corrected chi connectivity index (χ4v) is 1.72. The van der Waals surface area contributed by atoms with Gasteiger partial charge in [-0.1, -0.05) is 0 Å². The maximum absolute atomic E-state index is 12.1. The van der Waals surface area contributed by atoms with Crippen LogP contribution in [0.15, 0.2) is 30.7 Å². The van der Waals surface area contributed by atoms with Gasteiger partial charge in [-0.3, -0.25) is 4.79 Å². The first-order valence-corrected chi connectivity index (χ1v) is 6.15. The number of pyridine rings is 1. The normalized spacial score (nSPS) is 10.2. The van der Waals surface area contributed by atoms with Gasteiger partial charge in [-0.2, -0.15) is 0 Å². The molecule has 0 saturated heterocycles. The van der Waals surface area contributed by atoms with Gasteiger partial charge in [0, 0.05) is 32.2 Å². The van der Waals surface area contributed by atoms with E-state index in [0.29, 0.717) is 17.9 Å². The van der Waals surface area contributed by atoms with Crippen molar-refractivity contribution in [2.45, 2.75) is 13.5 Å². The predicted octanol–water partition coefficient (Wildman–Crippen LogP) is 1.18. The molecule has 2 heterocycles. The number of nitrogens with one attached hydrogen (secondary N) is 2. The van der Waals surface area contributed by atoms with Crippen LogP contribution < -0.4 is 10.6 Å². The topological polar surface area (TPSA) is 71.8 Å². The fraction of sp³-hybridized carbons (Fsp3) is 0.308. The molecule has 2 N–H and O–H groups in total. The largest absolute Gasteiger partial charge is 0.370 e. The van der Waals surface area contributed by atoms with Crippen molar-refractivity contribution in [3.63, 3.8) is 0 Å².